The second-order valence-corrected chi connectivity index (χ2v) is 6.34. The molecule has 0 aliphatic carbocycles. The molecule has 2 aromatic rings. The number of rotatable bonds is 7. The van der Waals surface area contributed by atoms with Gasteiger partial charge in [-0.05, 0) is 48.7 Å². The van der Waals surface area contributed by atoms with Crippen molar-refractivity contribution in [2.24, 2.45) is 0 Å². The van der Waals surface area contributed by atoms with Crippen LogP contribution in [0.4, 0.5) is 13.2 Å². The van der Waals surface area contributed by atoms with Gasteiger partial charge in [0.25, 0.3) is 0 Å². The highest BCUT2D eigenvalue weighted by molar-refractivity contribution is 5.89. The number of ether oxygens (including phenoxy) is 1. The summed E-state index contributed by atoms with van der Waals surface area (Å²) in [5.74, 6) is -0.406. The molecule has 0 heterocycles. The number of carbonyl (C=O) groups is 1. The second-order valence-electron chi connectivity index (χ2n) is 6.34. The zero-order valence-corrected chi connectivity index (χ0v) is 16.3. The average Bonchev–Trinajstić information content (AvgIpc) is 2.65. The molecular weight excluding hydrogens is 395 g/mol. The van der Waals surface area contributed by atoms with Crippen molar-refractivity contribution in [3.05, 3.63) is 70.8 Å². The summed E-state index contributed by atoms with van der Waals surface area (Å²) in [5, 5.41) is 13.3. The lowest BCUT2D eigenvalue weighted by molar-refractivity contribution is -0.137. The van der Waals surface area contributed by atoms with Crippen molar-refractivity contribution >= 4 is 18.4 Å². The molecule has 2 N–H and O–H groups in total. The molecule has 0 bridgehead atoms. The number of benzene rings is 2. The number of hydrogen-bond acceptors (Lipinski definition) is 4. The van der Waals surface area contributed by atoms with Gasteiger partial charge in [-0.25, -0.2) is 4.79 Å². The van der Waals surface area contributed by atoms with E-state index in [0.29, 0.717) is 12.0 Å². The standard InChI is InChI=1S/C20H22F3NO3.ClH/c1-13(10-14-6-8-15(9-7-14)19(26)27-2)24-12-18(25)16-4-3-5-17(11-16)20(21,22)23;/h3-9,11,13,18,24-25H,10,12H2,1-2H3;1H. The Morgan fingerprint density at radius 1 is 1.18 bits per heavy atom. The Bertz CT molecular complexity index is 766. The van der Waals surface area contributed by atoms with Crippen molar-refractivity contribution < 1.29 is 27.8 Å². The highest BCUT2D eigenvalue weighted by atomic mass is 35.5. The van der Waals surface area contributed by atoms with Crippen molar-refractivity contribution in [3.8, 4) is 0 Å². The molecule has 0 saturated carbocycles. The summed E-state index contributed by atoms with van der Waals surface area (Å²) in [5.41, 5.74) is 0.878. The van der Waals surface area contributed by atoms with Crippen molar-refractivity contribution in [2.75, 3.05) is 13.7 Å². The van der Waals surface area contributed by atoms with Crippen molar-refractivity contribution in [1.29, 1.82) is 0 Å². The minimum Gasteiger partial charge on any atom is -0.465 e. The summed E-state index contributed by atoms with van der Waals surface area (Å²) in [6.45, 7) is 2.04. The Hall–Kier alpha value is -2.09. The van der Waals surface area contributed by atoms with E-state index >= 15 is 0 Å². The monoisotopic (exact) mass is 417 g/mol. The van der Waals surface area contributed by atoms with Gasteiger partial charge in [-0.1, -0.05) is 24.3 Å². The molecule has 0 aliphatic rings. The number of methoxy groups -OCH3 is 1. The van der Waals surface area contributed by atoms with Crippen molar-refractivity contribution in [2.45, 2.75) is 31.7 Å². The van der Waals surface area contributed by atoms with Crippen LogP contribution in [-0.4, -0.2) is 30.8 Å². The Kier molecular flexibility index (Phi) is 8.94. The van der Waals surface area contributed by atoms with Gasteiger partial charge >= 0.3 is 12.1 Å². The van der Waals surface area contributed by atoms with Crippen LogP contribution in [0.1, 0.15) is 40.1 Å². The molecule has 8 heteroatoms. The van der Waals surface area contributed by atoms with E-state index in [1.807, 2.05) is 19.1 Å². The SMILES string of the molecule is COC(=O)c1ccc(CC(C)NCC(O)c2cccc(C(F)(F)F)c2)cc1.Cl. The summed E-state index contributed by atoms with van der Waals surface area (Å²) in [6.07, 6.45) is -4.85. The molecule has 2 atom stereocenters. The Morgan fingerprint density at radius 3 is 2.39 bits per heavy atom. The molecule has 0 saturated heterocycles. The number of esters is 1. The number of nitrogens with one attached hydrogen (secondary N) is 1. The molecule has 4 nitrogen and oxygen atoms in total. The zero-order valence-electron chi connectivity index (χ0n) is 15.5. The molecule has 0 radical (unpaired) electrons. The highest BCUT2D eigenvalue weighted by Crippen LogP contribution is 2.30. The van der Waals surface area contributed by atoms with Gasteiger partial charge in [0, 0.05) is 12.6 Å². The Morgan fingerprint density at radius 2 is 1.82 bits per heavy atom. The van der Waals surface area contributed by atoms with Crippen LogP contribution in [0.2, 0.25) is 0 Å². The minimum atomic E-state index is -4.44. The first-order valence-corrected chi connectivity index (χ1v) is 8.46. The van der Waals surface area contributed by atoms with Crippen molar-refractivity contribution in [3.63, 3.8) is 0 Å². The van der Waals surface area contributed by atoms with Gasteiger partial charge in [0.15, 0.2) is 0 Å². The van der Waals surface area contributed by atoms with E-state index < -0.39 is 23.8 Å². The molecule has 0 aliphatic heterocycles. The van der Waals surface area contributed by atoms with Gasteiger partial charge < -0.3 is 15.2 Å². The molecule has 0 fully saturated rings. The summed E-state index contributed by atoms with van der Waals surface area (Å²) in [4.78, 5) is 11.4. The molecular formula is C20H23ClF3NO3. The molecule has 154 valence electrons. The molecule has 2 unspecified atom stereocenters. The van der Waals surface area contributed by atoms with E-state index in [-0.39, 0.29) is 30.6 Å². The lowest BCUT2D eigenvalue weighted by Crippen LogP contribution is -2.32. The van der Waals surface area contributed by atoms with Crippen molar-refractivity contribution in [1.82, 2.24) is 5.32 Å². The van der Waals surface area contributed by atoms with E-state index in [1.165, 1.54) is 19.2 Å². The molecule has 28 heavy (non-hydrogen) atoms. The van der Waals surface area contributed by atoms with Crippen LogP contribution in [0.3, 0.4) is 0 Å². The molecule has 2 aromatic carbocycles. The summed E-state index contributed by atoms with van der Waals surface area (Å²) >= 11 is 0. The Balaban J connectivity index is 0.00000392. The van der Waals surface area contributed by atoms with Crippen LogP contribution >= 0.6 is 12.4 Å². The third-order valence-electron chi connectivity index (χ3n) is 4.18. The maximum Gasteiger partial charge on any atom is 0.416 e. The van der Waals surface area contributed by atoms with Crippen LogP contribution in [0, 0.1) is 0 Å². The fraction of sp³-hybridized carbons (Fsp3) is 0.350. The smallest absolute Gasteiger partial charge is 0.416 e. The molecule has 0 spiro atoms. The molecule has 0 amide bonds. The van der Waals surface area contributed by atoms with Gasteiger partial charge in [0.2, 0.25) is 0 Å². The van der Waals surface area contributed by atoms with Crippen LogP contribution < -0.4 is 5.32 Å². The van der Waals surface area contributed by atoms with E-state index in [4.69, 9.17) is 0 Å². The third-order valence-corrected chi connectivity index (χ3v) is 4.18. The van der Waals surface area contributed by atoms with Crippen LogP contribution in [-0.2, 0) is 17.3 Å². The largest absolute Gasteiger partial charge is 0.465 e. The quantitative estimate of drug-likeness (QED) is 0.664. The first-order valence-electron chi connectivity index (χ1n) is 8.46. The number of aliphatic hydroxyl groups excluding tert-OH is 1. The fourth-order valence-corrected chi connectivity index (χ4v) is 2.67. The molecule has 0 aromatic heterocycles. The second kappa shape index (κ2) is 10.5. The van der Waals surface area contributed by atoms with Crippen LogP contribution in [0.25, 0.3) is 0 Å². The van der Waals surface area contributed by atoms with Crippen LogP contribution in [0.5, 0.6) is 0 Å². The lowest BCUT2D eigenvalue weighted by atomic mass is 10.0. The summed E-state index contributed by atoms with van der Waals surface area (Å²) in [6, 6.07) is 11.6. The lowest BCUT2D eigenvalue weighted by Gasteiger charge is -2.18. The zero-order chi connectivity index (χ0) is 20.0. The van der Waals surface area contributed by atoms with E-state index in [0.717, 1.165) is 17.7 Å². The number of alkyl halides is 3. The van der Waals surface area contributed by atoms with Crippen LogP contribution in [0.15, 0.2) is 48.5 Å². The number of aliphatic hydroxyl groups is 1. The van der Waals surface area contributed by atoms with Gasteiger partial charge in [-0.15, -0.1) is 12.4 Å². The van der Waals surface area contributed by atoms with Gasteiger partial charge in [-0.3, -0.25) is 0 Å². The summed E-state index contributed by atoms with van der Waals surface area (Å²) < 4.78 is 42.9. The summed E-state index contributed by atoms with van der Waals surface area (Å²) in [7, 11) is 1.32. The fourth-order valence-electron chi connectivity index (χ4n) is 2.67. The Labute approximate surface area is 168 Å². The number of halogens is 4. The first kappa shape index (κ1) is 23.9. The number of hydrogen-bond donors (Lipinski definition) is 2. The predicted octanol–water partition coefficient (Wildman–Crippen LogP) is 4.17. The third kappa shape index (κ3) is 6.82. The highest BCUT2D eigenvalue weighted by Gasteiger charge is 2.30. The molecule has 2 rings (SSSR count). The van der Waals surface area contributed by atoms with E-state index in [1.54, 1.807) is 12.1 Å². The maximum absolute atomic E-state index is 12.8. The average molecular weight is 418 g/mol. The predicted molar refractivity (Wildman–Crippen MR) is 103 cm³/mol. The first-order chi connectivity index (χ1) is 12.7. The van der Waals surface area contributed by atoms with Gasteiger partial charge in [-0.2, -0.15) is 13.2 Å². The minimum absolute atomic E-state index is 0. The topological polar surface area (TPSA) is 58.6 Å². The normalized spacial score (nSPS) is 13.4. The van der Waals surface area contributed by atoms with Gasteiger partial charge in [0.1, 0.15) is 0 Å². The van der Waals surface area contributed by atoms with E-state index in [2.05, 4.69) is 10.1 Å². The maximum atomic E-state index is 12.8. The van der Waals surface area contributed by atoms with Gasteiger partial charge in [0.05, 0.1) is 24.3 Å². The number of carbonyl (C=O) groups excluding carboxylic acids is 1. The van der Waals surface area contributed by atoms with E-state index in [9.17, 15) is 23.1 Å².